The first kappa shape index (κ1) is 16.3. The largest absolute Gasteiger partial charge is 0.508 e. The molecule has 1 fully saturated rings. The average molecular weight is 360 g/mol. The number of phenolic OH excluding ortho intramolecular Hbond substituents is 1. The van der Waals surface area contributed by atoms with Crippen LogP contribution in [-0.2, 0) is 4.79 Å². The Morgan fingerprint density at radius 2 is 2.00 bits per heavy atom. The van der Waals surface area contributed by atoms with Gasteiger partial charge < -0.3 is 9.52 Å². The molecule has 1 aromatic carbocycles. The van der Waals surface area contributed by atoms with Gasteiger partial charge in [0.2, 0.25) is 0 Å². The Balaban J connectivity index is 1.76. The van der Waals surface area contributed by atoms with Crippen molar-refractivity contribution in [3.8, 4) is 5.75 Å². The maximum Gasteiger partial charge on any atom is 0.285 e. The Labute approximate surface area is 147 Å². The third-order valence-electron chi connectivity index (χ3n) is 3.17. The summed E-state index contributed by atoms with van der Waals surface area (Å²) in [6, 6.07) is 9.21. The minimum absolute atomic E-state index is 0.0498. The molecule has 6 nitrogen and oxygen atoms in total. The topological polar surface area (TPSA) is 82.8 Å². The van der Waals surface area contributed by atoms with E-state index in [9.17, 15) is 14.7 Å². The quantitative estimate of drug-likeness (QED) is 0.647. The number of rotatable bonds is 3. The van der Waals surface area contributed by atoms with Crippen LogP contribution < -0.4 is 5.43 Å². The molecule has 2 heterocycles. The molecule has 1 aromatic heterocycles. The van der Waals surface area contributed by atoms with E-state index in [1.165, 1.54) is 24.3 Å². The van der Waals surface area contributed by atoms with Crippen LogP contribution in [0.4, 0.5) is 0 Å². The van der Waals surface area contributed by atoms with Crippen LogP contribution in [0, 0.1) is 6.92 Å². The van der Waals surface area contributed by atoms with Crippen molar-refractivity contribution >= 4 is 46.2 Å². The van der Waals surface area contributed by atoms with Crippen LogP contribution in [0.2, 0.25) is 0 Å². The Hall–Kier alpha value is -2.58. The van der Waals surface area contributed by atoms with Crippen LogP contribution in [0.3, 0.4) is 0 Å². The lowest BCUT2D eigenvalue weighted by Gasteiger charge is -2.15. The smallest absolute Gasteiger partial charge is 0.285 e. The zero-order valence-corrected chi connectivity index (χ0v) is 14.1. The molecule has 8 heteroatoms. The summed E-state index contributed by atoms with van der Waals surface area (Å²) < 4.78 is 5.63. The standard InChI is InChI=1S/C16H12N2O4S2/c1-9-2-7-12(22-9)8-13-15(21)18(16(23)24-13)17-14(20)10-3-5-11(19)6-4-10/h2-8,19H,1H3,(H,17,20). The zero-order chi connectivity index (χ0) is 17.3. The van der Waals surface area contributed by atoms with Gasteiger partial charge in [0.25, 0.3) is 11.8 Å². The summed E-state index contributed by atoms with van der Waals surface area (Å²) in [6.45, 7) is 1.81. The number of thioether (sulfide) groups is 1. The second kappa shape index (κ2) is 6.50. The number of benzene rings is 1. The van der Waals surface area contributed by atoms with Crippen molar-refractivity contribution < 1.29 is 19.1 Å². The lowest BCUT2D eigenvalue weighted by Crippen LogP contribution is -2.44. The monoisotopic (exact) mass is 360 g/mol. The minimum atomic E-state index is -0.499. The molecule has 0 spiro atoms. The molecular formula is C16H12N2O4S2. The summed E-state index contributed by atoms with van der Waals surface area (Å²) in [5, 5.41) is 10.3. The van der Waals surface area contributed by atoms with E-state index in [-0.39, 0.29) is 10.1 Å². The predicted molar refractivity (Wildman–Crippen MR) is 94.0 cm³/mol. The minimum Gasteiger partial charge on any atom is -0.508 e. The van der Waals surface area contributed by atoms with Gasteiger partial charge in [-0.2, -0.15) is 5.01 Å². The van der Waals surface area contributed by atoms with E-state index in [1.54, 1.807) is 25.1 Å². The van der Waals surface area contributed by atoms with E-state index in [0.29, 0.717) is 16.2 Å². The lowest BCUT2D eigenvalue weighted by molar-refractivity contribution is -0.123. The van der Waals surface area contributed by atoms with Gasteiger partial charge in [0.15, 0.2) is 4.32 Å². The number of carbonyl (C=O) groups excluding carboxylic acids is 2. The molecule has 1 aliphatic rings. The number of thiocarbonyl (C=S) groups is 1. The SMILES string of the molecule is Cc1ccc(C=C2SC(=S)N(NC(=O)c3ccc(O)cc3)C2=O)o1. The number of aryl methyl sites for hydroxylation is 1. The molecule has 0 radical (unpaired) electrons. The van der Waals surface area contributed by atoms with Gasteiger partial charge in [-0.15, -0.1) is 0 Å². The highest BCUT2D eigenvalue weighted by atomic mass is 32.2. The molecular weight excluding hydrogens is 348 g/mol. The van der Waals surface area contributed by atoms with Gasteiger partial charge >= 0.3 is 0 Å². The number of amides is 2. The van der Waals surface area contributed by atoms with Crippen LogP contribution in [-0.4, -0.2) is 26.3 Å². The molecule has 0 saturated carbocycles. The summed E-state index contributed by atoms with van der Waals surface area (Å²) in [7, 11) is 0. The average Bonchev–Trinajstić information content (AvgIpc) is 3.06. The van der Waals surface area contributed by atoms with Crippen LogP contribution in [0.25, 0.3) is 6.08 Å². The fourth-order valence-electron chi connectivity index (χ4n) is 2.00. The Morgan fingerprint density at radius 1 is 1.29 bits per heavy atom. The molecule has 2 aromatic rings. The summed E-state index contributed by atoms with van der Waals surface area (Å²) in [6.07, 6.45) is 1.58. The van der Waals surface area contributed by atoms with Gasteiger partial charge in [-0.3, -0.25) is 15.0 Å². The van der Waals surface area contributed by atoms with Crippen molar-refractivity contribution in [2.24, 2.45) is 0 Å². The van der Waals surface area contributed by atoms with E-state index in [4.69, 9.17) is 16.6 Å². The Kier molecular flexibility index (Phi) is 4.41. The Morgan fingerprint density at radius 3 is 2.62 bits per heavy atom. The third kappa shape index (κ3) is 3.34. The van der Waals surface area contributed by atoms with Crippen LogP contribution >= 0.6 is 24.0 Å². The molecule has 3 rings (SSSR count). The maximum atomic E-state index is 12.4. The van der Waals surface area contributed by atoms with Gasteiger partial charge in [0.1, 0.15) is 17.3 Å². The molecule has 122 valence electrons. The number of hydrogen-bond acceptors (Lipinski definition) is 6. The van der Waals surface area contributed by atoms with E-state index in [1.807, 2.05) is 0 Å². The van der Waals surface area contributed by atoms with Crippen molar-refractivity contribution in [2.45, 2.75) is 6.92 Å². The van der Waals surface area contributed by atoms with Gasteiger partial charge in [0, 0.05) is 11.6 Å². The summed E-state index contributed by atoms with van der Waals surface area (Å²) >= 11 is 6.23. The number of phenols is 1. The number of nitrogens with zero attached hydrogens (tertiary/aromatic N) is 1. The van der Waals surface area contributed by atoms with E-state index >= 15 is 0 Å². The number of furan rings is 1. The first-order valence-corrected chi connectivity index (χ1v) is 8.11. The van der Waals surface area contributed by atoms with E-state index in [2.05, 4.69) is 5.43 Å². The fourth-order valence-corrected chi connectivity index (χ4v) is 3.16. The predicted octanol–water partition coefficient (Wildman–Crippen LogP) is 2.84. The number of aromatic hydroxyl groups is 1. The number of nitrogens with one attached hydrogen (secondary N) is 1. The van der Waals surface area contributed by atoms with Gasteiger partial charge in [-0.25, -0.2) is 0 Å². The van der Waals surface area contributed by atoms with Gasteiger partial charge in [-0.05, 0) is 55.5 Å². The fraction of sp³-hybridized carbons (Fsp3) is 0.0625. The molecule has 2 N–H and O–H groups in total. The third-order valence-corrected chi connectivity index (χ3v) is 4.47. The highest BCUT2D eigenvalue weighted by Gasteiger charge is 2.34. The van der Waals surface area contributed by atoms with Crippen molar-refractivity contribution in [1.82, 2.24) is 10.4 Å². The van der Waals surface area contributed by atoms with Crippen LogP contribution in [0.5, 0.6) is 5.75 Å². The molecule has 1 aliphatic heterocycles. The highest BCUT2D eigenvalue weighted by Crippen LogP contribution is 2.31. The zero-order valence-electron chi connectivity index (χ0n) is 12.5. The lowest BCUT2D eigenvalue weighted by atomic mass is 10.2. The number of hydrogen-bond donors (Lipinski definition) is 2. The van der Waals surface area contributed by atoms with Gasteiger partial charge in [-0.1, -0.05) is 11.8 Å². The second-order valence-corrected chi connectivity index (χ2v) is 6.63. The second-order valence-electron chi connectivity index (χ2n) is 4.95. The molecule has 0 unspecified atom stereocenters. The van der Waals surface area contributed by atoms with Crippen LogP contribution in [0.15, 0.2) is 45.7 Å². The number of hydrazine groups is 1. The van der Waals surface area contributed by atoms with Crippen molar-refractivity contribution in [3.05, 3.63) is 58.4 Å². The first-order valence-electron chi connectivity index (χ1n) is 6.88. The van der Waals surface area contributed by atoms with Crippen molar-refractivity contribution in [2.75, 3.05) is 0 Å². The van der Waals surface area contributed by atoms with Crippen molar-refractivity contribution in [1.29, 1.82) is 0 Å². The van der Waals surface area contributed by atoms with Crippen molar-refractivity contribution in [3.63, 3.8) is 0 Å². The molecule has 0 bridgehead atoms. The molecule has 24 heavy (non-hydrogen) atoms. The number of carbonyl (C=O) groups is 2. The van der Waals surface area contributed by atoms with E-state index in [0.717, 1.165) is 22.5 Å². The molecule has 0 atom stereocenters. The first-order chi connectivity index (χ1) is 11.4. The summed E-state index contributed by atoms with van der Waals surface area (Å²) in [4.78, 5) is 24.9. The normalized spacial score (nSPS) is 16.0. The summed E-state index contributed by atoms with van der Waals surface area (Å²) in [5.74, 6) is 0.400. The molecule has 2 amide bonds. The van der Waals surface area contributed by atoms with Gasteiger partial charge in [0.05, 0.1) is 4.91 Å². The molecule has 0 aliphatic carbocycles. The summed E-state index contributed by atoms with van der Waals surface area (Å²) in [5.41, 5.74) is 2.76. The van der Waals surface area contributed by atoms with E-state index < -0.39 is 11.8 Å². The molecule has 1 saturated heterocycles. The Bertz CT molecular complexity index is 855. The van der Waals surface area contributed by atoms with Crippen LogP contribution in [0.1, 0.15) is 21.9 Å². The maximum absolute atomic E-state index is 12.4. The highest BCUT2D eigenvalue weighted by molar-refractivity contribution is 8.26.